The number of hydrogen-bond acceptors (Lipinski definition) is 9. The van der Waals surface area contributed by atoms with Crippen LogP contribution in [0.25, 0.3) is 27.6 Å². The fourth-order valence-corrected chi connectivity index (χ4v) is 4.08. The van der Waals surface area contributed by atoms with Gasteiger partial charge in [-0.05, 0) is 31.5 Å². The maximum absolute atomic E-state index is 9.23. The Labute approximate surface area is 218 Å². The molecule has 0 aliphatic heterocycles. The van der Waals surface area contributed by atoms with Gasteiger partial charge in [0.25, 0.3) is 0 Å². The normalized spacial score (nSPS) is 10.7. The molecule has 0 fully saturated rings. The first kappa shape index (κ1) is 25.8. The van der Waals surface area contributed by atoms with Crippen LogP contribution in [0.3, 0.4) is 0 Å². The van der Waals surface area contributed by atoms with Crippen LogP contribution >= 0.6 is 11.6 Å². The number of fused-ring (bicyclic) bond motifs is 3. The number of halogens is 1. The second kappa shape index (κ2) is 11.6. The molecule has 0 aliphatic carbocycles. The zero-order valence-corrected chi connectivity index (χ0v) is 21.6. The molecule has 1 aromatic carbocycles. The highest BCUT2D eigenvalue weighted by Gasteiger charge is 2.17. The lowest BCUT2D eigenvalue weighted by atomic mass is 10.1. The number of methoxy groups -OCH3 is 1. The highest BCUT2D eigenvalue weighted by atomic mass is 35.5. The first-order valence-electron chi connectivity index (χ1n) is 11.4. The Morgan fingerprint density at radius 1 is 1.16 bits per heavy atom. The number of anilines is 1. The number of nitrogens with one attached hydrogen (secondary N) is 3. The molecule has 13 heteroatoms. The standard InChI is InChI=1S/C22H21ClN8O.C2H6N2O/c1-4-31-21-16(10-27-31)19-15(9-25-21)22(30-11-13(2)26-12-30)29-28-20(19)24-8-14-5-6-18(32-3)17(23)7-14;1-3-4-2-5/h5-7,9-12H,4,8H2,1-3H3,(H,24,28);2-3H,1H3,(H,4,5). The van der Waals surface area contributed by atoms with Crippen molar-refractivity contribution >= 4 is 45.6 Å². The molecule has 0 spiro atoms. The molecule has 4 aromatic heterocycles. The number of carbonyl (C=O) groups excluding carboxylic acids is 1. The Morgan fingerprint density at radius 3 is 2.62 bits per heavy atom. The largest absolute Gasteiger partial charge is 0.495 e. The molecular weight excluding hydrogens is 496 g/mol. The molecule has 0 atom stereocenters. The molecule has 5 aromatic rings. The third-order valence-electron chi connectivity index (χ3n) is 5.52. The van der Waals surface area contributed by atoms with Crippen LogP contribution in [0.5, 0.6) is 5.75 Å². The maximum atomic E-state index is 9.23. The Hall–Kier alpha value is -4.29. The molecule has 0 radical (unpaired) electrons. The van der Waals surface area contributed by atoms with Crippen LogP contribution in [-0.4, -0.2) is 55.1 Å². The summed E-state index contributed by atoms with van der Waals surface area (Å²) in [6.07, 6.45) is 7.86. The second-order valence-corrected chi connectivity index (χ2v) is 8.28. The van der Waals surface area contributed by atoms with E-state index in [9.17, 15) is 4.79 Å². The van der Waals surface area contributed by atoms with Crippen LogP contribution in [-0.2, 0) is 17.9 Å². The third-order valence-corrected chi connectivity index (χ3v) is 5.82. The number of amides is 1. The minimum Gasteiger partial charge on any atom is -0.495 e. The van der Waals surface area contributed by atoms with Gasteiger partial charge in [0.2, 0.25) is 6.41 Å². The van der Waals surface area contributed by atoms with Crippen molar-refractivity contribution in [1.29, 1.82) is 0 Å². The molecule has 192 valence electrons. The van der Waals surface area contributed by atoms with Crippen LogP contribution in [0.2, 0.25) is 5.02 Å². The number of imidazole rings is 1. The van der Waals surface area contributed by atoms with Crippen molar-refractivity contribution < 1.29 is 9.53 Å². The van der Waals surface area contributed by atoms with Crippen molar-refractivity contribution in [2.75, 3.05) is 19.5 Å². The molecule has 0 saturated carbocycles. The fraction of sp³-hybridized carbons (Fsp3) is 0.250. The van der Waals surface area contributed by atoms with E-state index in [0.717, 1.165) is 39.6 Å². The monoisotopic (exact) mass is 522 g/mol. The van der Waals surface area contributed by atoms with Crippen LogP contribution < -0.4 is 20.9 Å². The molecule has 0 unspecified atom stereocenters. The molecule has 1 amide bonds. The number of nitrogens with zero attached hydrogens (tertiary/aromatic N) is 7. The number of aryl methyl sites for hydroxylation is 2. The number of aromatic nitrogens is 7. The zero-order valence-electron chi connectivity index (χ0n) is 20.9. The van der Waals surface area contributed by atoms with Gasteiger partial charge in [-0.25, -0.2) is 20.1 Å². The number of benzene rings is 1. The first-order chi connectivity index (χ1) is 18.0. The van der Waals surface area contributed by atoms with Gasteiger partial charge < -0.3 is 10.1 Å². The van der Waals surface area contributed by atoms with E-state index >= 15 is 0 Å². The van der Waals surface area contributed by atoms with Gasteiger partial charge in [-0.3, -0.25) is 14.8 Å². The summed E-state index contributed by atoms with van der Waals surface area (Å²) in [6.45, 7) is 5.21. The van der Waals surface area contributed by atoms with Crippen LogP contribution in [0.15, 0.2) is 43.1 Å². The third kappa shape index (κ3) is 5.44. The van der Waals surface area contributed by atoms with Gasteiger partial charge in [-0.2, -0.15) is 5.10 Å². The summed E-state index contributed by atoms with van der Waals surface area (Å²) in [6, 6.07) is 5.68. The van der Waals surface area contributed by atoms with E-state index in [0.29, 0.717) is 35.4 Å². The summed E-state index contributed by atoms with van der Waals surface area (Å²) in [5.41, 5.74) is 7.27. The topological polar surface area (TPSA) is 137 Å². The van der Waals surface area contributed by atoms with Crippen molar-refractivity contribution in [2.45, 2.75) is 26.9 Å². The molecule has 3 N–H and O–H groups in total. The van der Waals surface area contributed by atoms with Gasteiger partial charge in [0.05, 0.1) is 29.4 Å². The number of pyridine rings is 1. The smallest absolute Gasteiger partial charge is 0.221 e. The number of ether oxygens (including phenoxy) is 1. The molecule has 0 saturated heterocycles. The van der Waals surface area contributed by atoms with Crippen molar-refractivity contribution in [3.8, 4) is 11.6 Å². The van der Waals surface area contributed by atoms with Crippen molar-refractivity contribution in [3.05, 3.63) is 59.4 Å². The lowest BCUT2D eigenvalue weighted by molar-refractivity contribution is -0.110. The SMILES string of the molecule is CCn1ncc2c3c(NCc4ccc(OC)c(Cl)c4)nnc(-n4cnc(C)c4)c3cnc21.CNNC=O. The quantitative estimate of drug-likeness (QED) is 0.207. The van der Waals surface area contributed by atoms with Crippen molar-refractivity contribution in [2.24, 2.45) is 0 Å². The predicted molar refractivity (Wildman–Crippen MR) is 142 cm³/mol. The molecule has 12 nitrogen and oxygen atoms in total. The van der Waals surface area contributed by atoms with Crippen LogP contribution in [0.1, 0.15) is 18.2 Å². The molecule has 4 heterocycles. The van der Waals surface area contributed by atoms with E-state index in [-0.39, 0.29) is 0 Å². The highest BCUT2D eigenvalue weighted by molar-refractivity contribution is 6.32. The van der Waals surface area contributed by atoms with E-state index in [4.69, 9.17) is 16.3 Å². The van der Waals surface area contributed by atoms with Gasteiger partial charge in [-0.1, -0.05) is 17.7 Å². The number of rotatable bonds is 8. The van der Waals surface area contributed by atoms with E-state index in [1.165, 1.54) is 0 Å². The molecule has 0 aliphatic rings. The molecule has 0 bridgehead atoms. The van der Waals surface area contributed by atoms with E-state index < -0.39 is 0 Å². The van der Waals surface area contributed by atoms with Gasteiger partial charge in [0, 0.05) is 43.3 Å². The average Bonchev–Trinajstić information content (AvgIpc) is 3.54. The van der Waals surface area contributed by atoms with Gasteiger partial charge in [0.1, 0.15) is 12.1 Å². The minimum absolute atomic E-state index is 0.517. The summed E-state index contributed by atoms with van der Waals surface area (Å²) in [5.74, 6) is 1.95. The fourth-order valence-electron chi connectivity index (χ4n) is 3.80. The van der Waals surface area contributed by atoms with Gasteiger partial charge in [-0.15, -0.1) is 10.2 Å². The Balaban J connectivity index is 0.000000586. The van der Waals surface area contributed by atoms with Crippen LogP contribution in [0, 0.1) is 6.92 Å². The first-order valence-corrected chi connectivity index (χ1v) is 11.8. The summed E-state index contributed by atoms with van der Waals surface area (Å²) in [7, 11) is 3.22. The van der Waals surface area contributed by atoms with E-state index in [1.807, 2.05) is 59.9 Å². The Morgan fingerprint density at radius 2 is 2.00 bits per heavy atom. The second-order valence-electron chi connectivity index (χ2n) is 7.87. The summed E-state index contributed by atoms with van der Waals surface area (Å²) in [4.78, 5) is 18.2. The number of hydrogen-bond donors (Lipinski definition) is 3. The summed E-state index contributed by atoms with van der Waals surface area (Å²) < 4.78 is 8.96. The lowest BCUT2D eigenvalue weighted by Crippen LogP contribution is -2.24. The zero-order chi connectivity index (χ0) is 26.4. The lowest BCUT2D eigenvalue weighted by Gasteiger charge is -2.13. The molecular formula is C24H27ClN10O2. The average molecular weight is 523 g/mol. The maximum Gasteiger partial charge on any atom is 0.221 e. The van der Waals surface area contributed by atoms with Crippen molar-refractivity contribution in [3.63, 3.8) is 0 Å². The molecule has 37 heavy (non-hydrogen) atoms. The Kier molecular flexibility index (Phi) is 8.11. The number of carbonyl (C=O) groups is 1. The minimum atomic E-state index is 0.517. The van der Waals surface area contributed by atoms with E-state index in [2.05, 4.69) is 41.4 Å². The molecule has 5 rings (SSSR count). The van der Waals surface area contributed by atoms with E-state index in [1.54, 1.807) is 20.5 Å². The predicted octanol–water partition coefficient (Wildman–Crippen LogP) is 3.03. The number of hydrazine groups is 1. The van der Waals surface area contributed by atoms with Crippen LogP contribution in [0.4, 0.5) is 5.82 Å². The van der Waals surface area contributed by atoms with Gasteiger partial charge in [0.15, 0.2) is 17.3 Å². The highest BCUT2D eigenvalue weighted by Crippen LogP contribution is 2.32. The van der Waals surface area contributed by atoms with Gasteiger partial charge >= 0.3 is 0 Å². The summed E-state index contributed by atoms with van der Waals surface area (Å²) >= 11 is 6.29. The van der Waals surface area contributed by atoms with Crippen molar-refractivity contribution in [1.82, 2.24) is 45.4 Å². The Bertz CT molecular complexity index is 1530. The summed E-state index contributed by atoms with van der Waals surface area (Å²) in [5, 5.41) is 20.1.